The van der Waals surface area contributed by atoms with Crippen molar-refractivity contribution in [2.45, 2.75) is 25.9 Å². The molecule has 1 N–H and O–H groups in total. The Hall–Kier alpha value is -3.23. The summed E-state index contributed by atoms with van der Waals surface area (Å²) in [7, 11) is 3.01. The summed E-state index contributed by atoms with van der Waals surface area (Å²) >= 11 is 0. The average molecular weight is 411 g/mol. The number of rotatable bonds is 8. The highest BCUT2D eigenvalue weighted by atomic mass is 19.2. The largest absolute Gasteiger partial charge is 0.497 e. The average Bonchev–Trinajstić information content (AvgIpc) is 2.72. The van der Waals surface area contributed by atoms with Gasteiger partial charge in [0.2, 0.25) is 0 Å². The van der Waals surface area contributed by atoms with E-state index in [9.17, 15) is 22.8 Å². The lowest BCUT2D eigenvalue weighted by Crippen LogP contribution is -2.30. The number of ether oxygens (including phenoxy) is 3. The fourth-order valence-electron chi connectivity index (χ4n) is 2.42. The highest BCUT2D eigenvalue weighted by molar-refractivity contribution is 5.95. The number of methoxy groups -OCH3 is 2. The molecule has 0 spiro atoms. The van der Waals surface area contributed by atoms with Crippen molar-refractivity contribution < 1.29 is 37.0 Å². The van der Waals surface area contributed by atoms with E-state index in [1.54, 1.807) is 18.2 Å². The molecular weight excluding hydrogens is 391 g/mol. The van der Waals surface area contributed by atoms with Gasteiger partial charge in [-0.3, -0.25) is 9.59 Å². The molecule has 0 saturated carbocycles. The van der Waals surface area contributed by atoms with Crippen molar-refractivity contribution >= 4 is 17.6 Å². The van der Waals surface area contributed by atoms with Crippen LogP contribution in [0, 0.1) is 17.5 Å². The number of carbonyl (C=O) groups is 2. The van der Waals surface area contributed by atoms with E-state index in [0.29, 0.717) is 24.0 Å². The zero-order valence-corrected chi connectivity index (χ0v) is 16.1. The van der Waals surface area contributed by atoms with Crippen LogP contribution in [0.25, 0.3) is 0 Å². The molecule has 9 heteroatoms. The van der Waals surface area contributed by atoms with Crippen molar-refractivity contribution in [1.82, 2.24) is 0 Å². The van der Waals surface area contributed by atoms with Crippen LogP contribution in [0.2, 0.25) is 0 Å². The smallest absolute Gasteiger partial charge is 0.306 e. The van der Waals surface area contributed by atoms with Gasteiger partial charge in [-0.2, -0.15) is 0 Å². The third-order valence-electron chi connectivity index (χ3n) is 4.00. The van der Waals surface area contributed by atoms with Crippen molar-refractivity contribution in [3.05, 3.63) is 53.3 Å². The topological polar surface area (TPSA) is 73.9 Å². The lowest BCUT2D eigenvalue weighted by Gasteiger charge is -2.14. The molecule has 6 nitrogen and oxygen atoms in total. The standard InChI is InChI=1S/C20H20F3NO5/c1-11(20(26)24-16-6-5-15(21)18(22)19(16)23)29-17(25)7-4-12-8-13(27-2)10-14(9-12)28-3/h5-6,8-11H,4,7H2,1-3H3,(H,24,26). The van der Waals surface area contributed by atoms with Crippen LogP contribution in [0.3, 0.4) is 0 Å². The molecule has 0 bridgehead atoms. The monoisotopic (exact) mass is 411 g/mol. The number of halogens is 3. The number of amides is 1. The van der Waals surface area contributed by atoms with Gasteiger partial charge in [0.15, 0.2) is 23.6 Å². The summed E-state index contributed by atoms with van der Waals surface area (Å²) in [4.78, 5) is 24.0. The normalized spacial score (nSPS) is 11.5. The minimum absolute atomic E-state index is 0.0342. The van der Waals surface area contributed by atoms with E-state index in [2.05, 4.69) is 5.32 Å². The Morgan fingerprint density at radius 1 is 1.00 bits per heavy atom. The van der Waals surface area contributed by atoms with Crippen LogP contribution in [0.15, 0.2) is 30.3 Å². The second-order valence-electron chi connectivity index (χ2n) is 6.07. The molecule has 156 valence electrons. The van der Waals surface area contributed by atoms with Gasteiger partial charge in [0.25, 0.3) is 5.91 Å². The second kappa shape index (κ2) is 9.81. The van der Waals surface area contributed by atoms with E-state index < -0.39 is 41.1 Å². The Labute approximate surface area is 165 Å². The molecule has 2 aromatic carbocycles. The summed E-state index contributed by atoms with van der Waals surface area (Å²) in [5.41, 5.74) is 0.208. The highest BCUT2D eigenvalue weighted by Gasteiger charge is 2.21. The molecule has 1 amide bonds. The van der Waals surface area contributed by atoms with Crippen molar-refractivity contribution in [3.8, 4) is 11.5 Å². The molecular formula is C20H20F3NO5. The van der Waals surface area contributed by atoms with Crippen LogP contribution in [0.5, 0.6) is 11.5 Å². The lowest BCUT2D eigenvalue weighted by atomic mass is 10.1. The first-order valence-corrected chi connectivity index (χ1v) is 8.61. The van der Waals surface area contributed by atoms with Gasteiger partial charge >= 0.3 is 5.97 Å². The predicted molar refractivity (Wildman–Crippen MR) is 98.4 cm³/mol. The van der Waals surface area contributed by atoms with Gasteiger partial charge in [0.1, 0.15) is 11.5 Å². The van der Waals surface area contributed by atoms with Gasteiger partial charge in [-0.15, -0.1) is 0 Å². The van der Waals surface area contributed by atoms with Gasteiger partial charge in [0, 0.05) is 12.5 Å². The molecule has 0 fully saturated rings. The molecule has 1 atom stereocenters. The van der Waals surface area contributed by atoms with Crippen LogP contribution in [0.1, 0.15) is 18.9 Å². The summed E-state index contributed by atoms with van der Waals surface area (Å²) in [5, 5.41) is 2.06. The molecule has 0 aliphatic rings. The number of benzene rings is 2. The van der Waals surface area contributed by atoms with Gasteiger partial charge in [0.05, 0.1) is 19.9 Å². The highest BCUT2D eigenvalue weighted by Crippen LogP contribution is 2.23. The fraction of sp³-hybridized carbons (Fsp3) is 0.300. The maximum absolute atomic E-state index is 13.6. The first kappa shape index (κ1) is 22.1. The molecule has 0 aliphatic heterocycles. The van der Waals surface area contributed by atoms with Crippen LogP contribution < -0.4 is 14.8 Å². The maximum atomic E-state index is 13.6. The zero-order chi connectivity index (χ0) is 21.6. The Morgan fingerprint density at radius 3 is 2.21 bits per heavy atom. The Balaban J connectivity index is 1.92. The van der Waals surface area contributed by atoms with Crippen LogP contribution >= 0.6 is 0 Å². The first-order chi connectivity index (χ1) is 13.7. The lowest BCUT2D eigenvalue weighted by molar-refractivity contribution is -0.153. The van der Waals surface area contributed by atoms with Crippen molar-refractivity contribution in [3.63, 3.8) is 0 Å². The number of aryl methyl sites for hydroxylation is 1. The van der Waals surface area contributed by atoms with Gasteiger partial charge < -0.3 is 19.5 Å². The van der Waals surface area contributed by atoms with Crippen LogP contribution in [0.4, 0.5) is 18.9 Å². The predicted octanol–water partition coefficient (Wildman–Crippen LogP) is 3.62. The number of anilines is 1. The first-order valence-electron chi connectivity index (χ1n) is 8.61. The molecule has 0 radical (unpaired) electrons. The third-order valence-corrected chi connectivity index (χ3v) is 4.00. The van der Waals surface area contributed by atoms with Crippen LogP contribution in [-0.2, 0) is 20.7 Å². The SMILES string of the molecule is COc1cc(CCC(=O)OC(C)C(=O)Nc2ccc(F)c(F)c2F)cc(OC)c1. The van der Waals surface area contributed by atoms with Gasteiger partial charge in [-0.25, -0.2) is 13.2 Å². The van der Waals surface area contributed by atoms with Crippen LogP contribution in [-0.4, -0.2) is 32.2 Å². The number of carbonyl (C=O) groups excluding carboxylic acids is 2. The number of esters is 1. The van der Waals surface area contributed by atoms with Crippen molar-refractivity contribution in [2.75, 3.05) is 19.5 Å². The fourth-order valence-corrected chi connectivity index (χ4v) is 2.42. The van der Waals surface area contributed by atoms with E-state index in [4.69, 9.17) is 14.2 Å². The zero-order valence-electron chi connectivity index (χ0n) is 16.1. The van der Waals surface area contributed by atoms with Gasteiger partial charge in [-0.05, 0) is 43.2 Å². The molecule has 0 aliphatic carbocycles. The van der Waals surface area contributed by atoms with E-state index in [1.165, 1.54) is 21.1 Å². The Kier molecular flexibility index (Phi) is 7.46. The number of hydrogen-bond acceptors (Lipinski definition) is 5. The van der Waals surface area contributed by atoms with E-state index in [-0.39, 0.29) is 6.42 Å². The third kappa shape index (κ3) is 5.87. The minimum atomic E-state index is -1.71. The van der Waals surface area contributed by atoms with Crippen molar-refractivity contribution in [1.29, 1.82) is 0 Å². The quantitative estimate of drug-likeness (QED) is 0.531. The number of hydrogen-bond donors (Lipinski definition) is 1. The molecule has 1 unspecified atom stereocenters. The molecule has 0 heterocycles. The second-order valence-corrected chi connectivity index (χ2v) is 6.07. The number of nitrogens with one attached hydrogen (secondary N) is 1. The minimum Gasteiger partial charge on any atom is -0.497 e. The molecule has 29 heavy (non-hydrogen) atoms. The van der Waals surface area contributed by atoms with E-state index in [1.807, 2.05) is 0 Å². The molecule has 0 saturated heterocycles. The van der Waals surface area contributed by atoms with E-state index in [0.717, 1.165) is 11.6 Å². The van der Waals surface area contributed by atoms with Crippen molar-refractivity contribution in [2.24, 2.45) is 0 Å². The summed E-state index contributed by atoms with van der Waals surface area (Å²) in [6.45, 7) is 1.28. The maximum Gasteiger partial charge on any atom is 0.306 e. The molecule has 0 aromatic heterocycles. The molecule has 2 aromatic rings. The van der Waals surface area contributed by atoms with E-state index >= 15 is 0 Å². The Morgan fingerprint density at radius 2 is 1.62 bits per heavy atom. The summed E-state index contributed by atoms with van der Waals surface area (Å²) < 4.78 is 55.1. The summed E-state index contributed by atoms with van der Waals surface area (Å²) in [5.74, 6) is -5.05. The summed E-state index contributed by atoms with van der Waals surface area (Å²) in [6, 6.07) is 6.70. The van der Waals surface area contributed by atoms with Gasteiger partial charge in [-0.1, -0.05) is 0 Å². The summed E-state index contributed by atoms with van der Waals surface area (Å²) in [6.07, 6.45) is -0.999. The Bertz CT molecular complexity index is 882. The molecule has 2 rings (SSSR count).